The van der Waals surface area contributed by atoms with Crippen molar-refractivity contribution < 1.29 is 5.11 Å². The molecule has 21 heavy (non-hydrogen) atoms. The molecule has 0 heterocycles. The Morgan fingerprint density at radius 1 is 1.10 bits per heavy atom. The standard InChI is InChI=1S/C19H31NO/c1-17(2)11-7-12-18(3,4)19(17,21)16-10-5-8-15(14-16)9-6-13-20/h5,8,10,14,21H,6-7,9,11-13,20H2,1-4H3. The van der Waals surface area contributed by atoms with Crippen LogP contribution >= 0.6 is 0 Å². The number of aliphatic hydroxyl groups is 1. The summed E-state index contributed by atoms with van der Waals surface area (Å²) in [6, 6.07) is 8.52. The van der Waals surface area contributed by atoms with Crippen molar-refractivity contribution in [3.63, 3.8) is 0 Å². The van der Waals surface area contributed by atoms with E-state index in [9.17, 15) is 5.11 Å². The molecule has 2 rings (SSSR count). The summed E-state index contributed by atoms with van der Waals surface area (Å²) >= 11 is 0. The minimum absolute atomic E-state index is 0.110. The van der Waals surface area contributed by atoms with E-state index >= 15 is 0 Å². The maximum Gasteiger partial charge on any atom is 0.0997 e. The second-order valence-corrected chi connectivity index (χ2v) is 7.92. The zero-order valence-corrected chi connectivity index (χ0v) is 14.1. The van der Waals surface area contributed by atoms with E-state index in [1.165, 1.54) is 12.0 Å². The lowest BCUT2D eigenvalue weighted by atomic mass is 9.52. The van der Waals surface area contributed by atoms with Gasteiger partial charge in [-0.1, -0.05) is 58.4 Å². The van der Waals surface area contributed by atoms with E-state index in [2.05, 4.69) is 52.0 Å². The van der Waals surface area contributed by atoms with Crippen molar-refractivity contribution in [2.75, 3.05) is 6.54 Å². The van der Waals surface area contributed by atoms with Crippen LogP contribution in [-0.2, 0) is 12.0 Å². The minimum Gasteiger partial charge on any atom is -0.384 e. The van der Waals surface area contributed by atoms with Crippen LogP contribution < -0.4 is 5.73 Å². The number of nitrogens with two attached hydrogens (primary N) is 1. The highest BCUT2D eigenvalue weighted by molar-refractivity contribution is 5.33. The molecule has 1 fully saturated rings. The maximum absolute atomic E-state index is 11.7. The minimum atomic E-state index is -0.781. The first kappa shape index (κ1) is 16.5. The maximum atomic E-state index is 11.7. The van der Waals surface area contributed by atoms with E-state index < -0.39 is 5.60 Å². The van der Waals surface area contributed by atoms with Gasteiger partial charge >= 0.3 is 0 Å². The molecule has 0 spiro atoms. The summed E-state index contributed by atoms with van der Waals surface area (Å²) < 4.78 is 0. The summed E-state index contributed by atoms with van der Waals surface area (Å²) in [6.07, 6.45) is 5.31. The molecule has 1 aliphatic carbocycles. The molecule has 1 saturated carbocycles. The highest BCUT2D eigenvalue weighted by Gasteiger charge is 2.56. The Labute approximate surface area is 129 Å². The molecule has 2 heteroatoms. The fourth-order valence-corrected chi connectivity index (χ4v) is 4.29. The Bertz CT molecular complexity index is 474. The van der Waals surface area contributed by atoms with Crippen LogP contribution in [0.3, 0.4) is 0 Å². The number of aryl methyl sites for hydroxylation is 1. The van der Waals surface area contributed by atoms with Crippen molar-refractivity contribution in [3.05, 3.63) is 35.4 Å². The zero-order valence-electron chi connectivity index (χ0n) is 14.1. The first-order valence-electron chi connectivity index (χ1n) is 8.26. The van der Waals surface area contributed by atoms with Gasteiger partial charge in [0.25, 0.3) is 0 Å². The van der Waals surface area contributed by atoms with Crippen LogP contribution in [0.25, 0.3) is 0 Å². The van der Waals surface area contributed by atoms with Gasteiger partial charge in [0.2, 0.25) is 0 Å². The van der Waals surface area contributed by atoms with Gasteiger partial charge < -0.3 is 10.8 Å². The molecule has 0 amide bonds. The summed E-state index contributed by atoms with van der Waals surface area (Å²) in [5.74, 6) is 0. The second-order valence-electron chi connectivity index (χ2n) is 7.92. The molecule has 0 aromatic heterocycles. The Balaban J connectivity index is 2.45. The van der Waals surface area contributed by atoms with Crippen molar-refractivity contribution in [1.82, 2.24) is 0 Å². The molecule has 0 radical (unpaired) electrons. The molecule has 3 N–H and O–H groups in total. The van der Waals surface area contributed by atoms with Crippen molar-refractivity contribution in [2.24, 2.45) is 16.6 Å². The van der Waals surface area contributed by atoms with E-state index in [1.54, 1.807) is 0 Å². The summed E-state index contributed by atoms with van der Waals surface area (Å²) in [7, 11) is 0. The average Bonchev–Trinajstić information content (AvgIpc) is 2.42. The summed E-state index contributed by atoms with van der Waals surface area (Å²) in [5, 5.41) is 11.7. The number of hydrogen-bond donors (Lipinski definition) is 2. The van der Waals surface area contributed by atoms with Gasteiger partial charge in [0.1, 0.15) is 0 Å². The van der Waals surface area contributed by atoms with Crippen molar-refractivity contribution in [3.8, 4) is 0 Å². The molecule has 0 unspecified atom stereocenters. The Morgan fingerprint density at radius 3 is 2.29 bits per heavy atom. The van der Waals surface area contributed by atoms with Gasteiger partial charge in [-0.15, -0.1) is 0 Å². The quantitative estimate of drug-likeness (QED) is 0.880. The van der Waals surface area contributed by atoms with E-state index in [1.807, 2.05) is 0 Å². The number of rotatable bonds is 4. The van der Waals surface area contributed by atoms with Gasteiger partial charge in [-0.05, 0) is 54.2 Å². The normalized spacial score (nSPS) is 23.0. The molecule has 0 bridgehead atoms. The lowest BCUT2D eigenvalue weighted by Crippen LogP contribution is -2.55. The first-order valence-corrected chi connectivity index (χ1v) is 8.26. The molecular formula is C19H31NO. The van der Waals surface area contributed by atoms with E-state index in [0.717, 1.165) is 31.2 Å². The summed E-state index contributed by atoms with van der Waals surface area (Å²) in [4.78, 5) is 0. The van der Waals surface area contributed by atoms with Gasteiger partial charge in [0.05, 0.1) is 5.60 Å². The van der Waals surface area contributed by atoms with Crippen LogP contribution in [0.4, 0.5) is 0 Å². The number of hydrogen-bond acceptors (Lipinski definition) is 2. The van der Waals surface area contributed by atoms with Crippen molar-refractivity contribution in [2.45, 2.75) is 65.4 Å². The topological polar surface area (TPSA) is 46.2 Å². The first-order chi connectivity index (χ1) is 9.74. The van der Waals surface area contributed by atoms with Crippen molar-refractivity contribution in [1.29, 1.82) is 0 Å². The van der Waals surface area contributed by atoms with E-state index in [4.69, 9.17) is 5.73 Å². The summed E-state index contributed by atoms with van der Waals surface area (Å²) in [5.41, 5.74) is 6.98. The lowest BCUT2D eigenvalue weighted by Gasteiger charge is -2.56. The summed E-state index contributed by atoms with van der Waals surface area (Å²) in [6.45, 7) is 9.55. The molecule has 0 aliphatic heterocycles. The third kappa shape index (κ3) is 2.76. The third-order valence-corrected chi connectivity index (χ3v) is 5.58. The highest BCUT2D eigenvalue weighted by atomic mass is 16.3. The smallest absolute Gasteiger partial charge is 0.0997 e. The molecule has 0 saturated heterocycles. The molecule has 118 valence electrons. The van der Waals surface area contributed by atoms with E-state index in [0.29, 0.717) is 6.54 Å². The van der Waals surface area contributed by atoms with Crippen LogP contribution in [0.2, 0.25) is 0 Å². The predicted molar refractivity (Wildman–Crippen MR) is 89.1 cm³/mol. The Morgan fingerprint density at radius 2 is 1.71 bits per heavy atom. The third-order valence-electron chi connectivity index (χ3n) is 5.58. The largest absolute Gasteiger partial charge is 0.384 e. The predicted octanol–water partition coefficient (Wildman–Crippen LogP) is 4.00. The Hall–Kier alpha value is -0.860. The molecule has 2 nitrogen and oxygen atoms in total. The van der Waals surface area contributed by atoms with Crippen molar-refractivity contribution >= 4 is 0 Å². The van der Waals surface area contributed by atoms with Gasteiger partial charge in [-0.2, -0.15) is 0 Å². The SMILES string of the molecule is CC1(C)CCCC(C)(C)C1(O)c1cccc(CCCN)c1. The Kier molecular flexibility index (Phi) is 4.51. The van der Waals surface area contributed by atoms with Crippen LogP contribution in [0.5, 0.6) is 0 Å². The van der Waals surface area contributed by atoms with Crippen LogP contribution in [0, 0.1) is 10.8 Å². The molecule has 1 aliphatic rings. The fourth-order valence-electron chi connectivity index (χ4n) is 4.29. The average molecular weight is 289 g/mol. The fraction of sp³-hybridized carbons (Fsp3) is 0.684. The molecule has 1 aromatic rings. The molecule has 0 atom stereocenters. The van der Waals surface area contributed by atoms with Gasteiger partial charge in [0.15, 0.2) is 0 Å². The van der Waals surface area contributed by atoms with Crippen LogP contribution in [-0.4, -0.2) is 11.7 Å². The van der Waals surface area contributed by atoms with Gasteiger partial charge in [-0.25, -0.2) is 0 Å². The molecule has 1 aromatic carbocycles. The lowest BCUT2D eigenvalue weighted by molar-refractivity contribution is -0.185. The zero-order chi connectivity index (χ0) is 15.7. The van der Waals surface area contributed by atoms with Gasteiger partial charge in [0, 0.05) is 0 Å². The van der Waals surface area contributed by atoms with Crippen LogP contribution in [0.15, 0.2) is 24.3 Å². The monoisotopic (exact) mass is 289 g/mol. The highest BCUT2D eigenvalue weighted by Crippen LogP contribution is 2.59. The van der Waals surface area contributed by atoms with E-state index in [-0.39, 0.29) is 10.8 Å². The number of benzene rings is 1. The second kappa shape index (κ2) is 5.73. The van der Waals surface area contributed by atoms with Gasteiger partial charge in [-0.3, -0.25) is 0 Å². The van der Waals surface area contributed by atoms with Crippen LogP contribution in [0.1, 0.15) is 64.5 Å². The molecular weight excluding hydrogens is 258 g/mol.